The van der Waals surface area contributed by atoms with Crippen molar-refractivity contribution < 1.29 is 14.4 Å². The number of hydroxylamine groups is 1. The summed E-state index contributed by atoms with van der Waals surface area (Å²) in [5.74, 6) is -0.307. The van der Waals surface area contributed by atoms with Gasteiger partial charge in [0.1, 0.15) is 6.61 Å². The summed E-state index contributed by atoms with van der Waals surface area (Å²) in [7, 11) is 0. The van der Waals surface area contributed by atoms with Crippen LogP contribution in [-0.2, 0) is 14.4 Å². The zero-order valence-electron chi connectivity index (χ0n) is 7.63. The molecule has 74 valence electrons. The first-order valence-corrected chi connectivity index (χ1v) is 4.34. The first kappa shape index (κ1) is 10.1. The molecule has 1 rings (SSSR count). The number of hydrogen-bond acceptors (Lipinski definition) is 4. The first-order valence-electron chi connectivity index (χ1n) is 4.34. The molecule has 0 radical (unpaired) electrons. The van der Waals surface area contributed by atoms with Crippen molar-refractivity contribution in [3.05, 3.63) is 0 Å². The Morgan fingerprint density at radius 1 is 1.62 bits per heavy atom. The van der Waals surface area contributed by atoms with Crippen molar-refractivity contribution in [2.45, 2.75) is 25.8 Å². The summed E-state index contributed by atoms with van der Waals surface area (Å²) in [6.07, 6.45) is 1.83. The standard InChI is InChI=1S/C8H14N2O3/c1-6(11)5-13-10-8(12)7-3-2-4-9-7/h7,9H,2-5H2,1H3,(H,10,12). The Bertz CT molecular complexity index is 200. The van der Waals surface area contributed by atoms with Crippen LogP contribution in [0.25, 0.3) is 0 Å². The van der Waals surface area contributed by atoms with Crippen LogP contribution in [-0.4, -0.2) is 30.9 Å². The topological polar surface area (TPSA) is 67.4 Å². The highest BCUT2D eigenvalue weighted by molar-refractivity contribution is 5.81. The summed E-state index contributed by atoms with van der Waals surface area (Å²) in [5, 5.41) is 3.02. The molecule has 1 aliphatic heterocycles. The molecule has 2 N–H and O–H groups in total. The molecule has 1 atom stereocenters. The Kier molecular flexibility index (Phi) is 3.85. The van der Waals surface area contributed by atoms with Crippen LogP contribution in [0.2, 0.25) is 0 Å². The van der Waals surface area contributed by atoms with E-state index in [-0.39, 0.29) is 24.3 Å². The largest absolute Gasteiger partial charge is 0.306 e. The molecular weight excluding hydrogens is 172 g/mol. The molecule has 0 saturated carbocycles. The van der Waals surface area contributed by atoms with Gasteiger partial charge >= 0.3 is 0 Å². The average molecular weight is 186 g/mol. The molecule has 1 fully saturated rings. The Balaban J connectivity index is 2.13. The van der Waals surface area contributed by atoms with Crippen molar-refractivity contribution in [3.63, 3.8) is 0 Å². The van der Waals surface area contributed by atoms with Crippen LogP contribution in [0.3, 0.4) is 0 Å². The number of hydrogen-bond donors (Lipinski definition) is 2. The lowest BCUT2D eigenvalue weighted by Gasteiger charge is -2.09. The van der Waals surface area contributed by atoms with E-state index >= 15 is 0 Å². The normalized spacial score (nSPS) is 21.5. The van der Waals surface area contributed by atoms with E-state index in [1.807, 2.05) is 0 Å². The molecule has 0 aromatic rings. The third-order valence-corrected chi connectivity index (χ3v) is 1.82. The van der Waals surface area contributed by atoms with Crippen LogP contribution >= 0.6 is 0 Å². The van der Waals surface area contributed by atoms with E-state index in [1.165, 1.54) is 6.92 Å². The smallest absolute Gasteiger partial charge is 0.260 e. The van der Waals surface area contributed by atoms with E-state index in [4.69, 9.17) is 0 Å². The number of rotatable bonds is 4. The van der Waals surface area contributed by atoms with Gasteiger partial charge in [0.15, 0.2) is 5.78 Å². The van der Waals surface area contributed by atoms with Crippen LogP contribution in [0, 0.1) is 0 Å². The minimum atomic E-state index is -0.196. The summed E-state index contributed by atoms with van der Waals surface area (Å²) in [5.41, 5.74) is 2.23. The van der Waals surface area contributed by atoms with Gasteiger partial charge in [0.05, 0.1) is 6.04 Å². The maximum atomic E-state index is 11.2. The minimum Gasteiger partial charge on any atom is -0.306 e. The van der Waals surface area contributed by atoms with Gasteiger partial charge in [-0.3, -0.25) is 14.4 Å². The quantitative estimate of drug-likeness (QED) is 0.574. The Labute approximate surface area is 76.8 Å². The number of ketones is 1. The second-order valence-corrected chi connectivity index (χ2v) is 3.11. The number of carbonyl (C=O) groups is 2. The van der Waals surface area contributed by atoms with Gasteiger partial charge in [-0.1, -0.05) is 0 Å². The third kappa shape index (κ3) is 3.52. The molecule has 0 bridgehead atoms. The molecule has 0 aliphatic carbocycles. The highest BCUT2D eigenvalue weighted by atomic mass is 16.7. The summed E-state index contributed by atoms with van der Waals surface area (Å²) >= 11 is 0. The van der Waals surface area contributed by atoms with Gasteiger partial charge in [-0.15, -0.1) is 0 Å². The van der Waals surface area contributed by atoms with E-state index in [0.29, 0.717) is 0 Å². The summed E-state index contributed by atoms with van der Waals surface area (Å²) in [6, 6.07) is -0.160. The highest BCUT2D eigenvalue weighted by Crippen LogP contribution is 2.04. The third-order valence-electron chi connectivity index (χ3n) is 1.82. The van der Waals surface area contributed by atoms with Crippen LogP contribution < -0.4 is 10.8 Å². The molecule has 13 heavy (non-hydrogen) atoms. The lowest BCUT2D eigenvalue weighted by atomic mass is 10.2. The lowest BCUT2D eigenvalue weighted by molar-refractivity contribution is -0.139. The van der Waals surface area contributed by atoms with Gasteiger partial charge in [-0.05, 0) is 26.3 Å². The van der Waals surface area contributed by atoms with Gasteiger partial charge < -0.3 is 5.32 Å². The summed E-state index contributed by atoms with van der Waals surface area (Å²) < 4.78 is 0. The molecule has 1 saturated heterocycles. The van der Waals surface area contributed by atoms with Gasteiger partial charge in [0.25, 0.3) is 5.91 Å². The monoisotopic (exact) mass is 186 g/mol. The van der Waals surface area contributed by atoms with Gasteiger partial charge in [0, 0.05) is 0 Å². The van der Waals surface area contributed by atoms with Crippen molar-refractivity contribution in [2.24, 2.45) is 0 Å². The van der Waals surface area contributed by atoms with E-state index in [2.05, 4.69) is 15.6 Å². The van der Waals surface area contributed by atoms with E-state index in [9.17, 15) is 9.59 Å². The maximum absolute atomic E-state index is 11.2. The van der Waals surface area contributed by atoms with Crippen LogP contribution in [0.4, 0.5) is 0 Å². The van der Waals surface area contributed by atoms with Crippen molar-refractivity contribution in [2.75, 3.05) is 13.2 Å². The Morgan fingerprint density at radius 3 is 2.92 bits per heavy atom. The molecule has 0 aromatic heterocycles. The Morgan fingerprint density at radius 2 is 2.38 bits per heavy atom. The van der Waals surface area contributed by atoms with Crippen molar-refractivity contribution in [1.29, 1.82) is 0 Å². The zero-order valence-corrected chi connectivity index (χ0v) is 7.63. The first-order chi connectivity index (χ1) is 6.20. The maximum Gasteiger partial charge on any atom is 0.260 e. The van der Waals surface area contributed by atoms with E-state index in [1.54, 1.807) is 0 Å². The van der Waals surface area contributed by atoms with Crippen LogP contribution in [0.1, 0.15) is 19.8 Å². The van der Waals surface area contributed by atoms with Gasteiger partial charge in [-0.25, -0.2) is 5.48 Å². The predicted molar refractivity (Wildman–Crippen MR) is 45.8 cm³/mol. The fraction of sp³-hybridized carbons (Fsp3) is 0.750. The second kappa shape index (κ2) is 4.94. The lowest BCUT2D eigenvalue weighted by Crippen LogP contribution is -2.40. The number of carbonyl (C=O) groups excluding carboxylic acids is 2. The fourth-order valence-corrected chi connectivity index (χ4v) is 1.19. The molecule has 1 aliphatic rings. The number of Topliss-reactive ketones (excluding diaryl/α,β-unsaturated/α-hetero) is 1. The van der Waals surface area contributed by atoms with Crippen molar-refractivity contribution >= 4 is 11.7 Å². The highest BCUT2D eigenvalue weighted by Gasteiger charge is 2.21. The average Bonchev–Trinajstić information content (AvgIpc) is 2.55. The van der Waals surface area contributed by atoms with E-state index < -0.39 is 0 Å². The summed E-state index contributed by atoms with van der Waals surface area (Å²) in [4.78, 5) is 26.4. The number of nitrogens with one attached hydrogen (secondary N) is 2. The molecule has 1 heterocycles. The molecule has 5 nitrogen and oxygen atoms in total. The minimum absolute atomic E-state index is 0.0710. The molecule has 5 heteroatoms. The van der Waals surface area contributed by atoms with Crippen LogP contribution in [0.15, 0.2) is 0 Å². The molecule has 1 amide bonds. The Hall–Kier alpha value is -0.940. The SMILES string of the molecule is CC(=O)CONC(=O)C1CCCN1. The molecule has 0 aromatic carbocycles. The van der Waals surface area contributed by atoms with Crippen molar-refractivity contribution in [3.8, 4) is 0 Å². The summed E-state index contributed by atoms with van der Waals surface area (Å²) in [6.45, 7) is 2.20. The molecular formula is C8H14N2O3. The fourth-order valence-electron chi connectivity index (χ4n) is 1.19. The predicted octanol–water partition coefficient (Wildman–Crippen LogP) is -0.625. The molecule has 0 spiro atoms. The van der Waals surface area contributed by atoms with Crippen molar-refractivity contribution in [1.82, 2.24) is 10.8 Å². The van der Waals surface area contributed by atoms with Gasteiger partial charge in [-0.2, -0.15) is 0 Å². The van der Waals surface area contributed by atoms with E-state index in [0.717, 1.165) is 19.4 Å². The number of amides is 1. The second-order valence-electron chi connectivity index (χ2n) is 3.11. The van der Waals surface area contributed by atoms with Crippen LogP contribution in [0.5, 0.6) is 0 Å². The zero-order chi connectivity index (χ0) is 9.68. The molecule has 1 unspecified atom stereocenters. The van der Waals surface area contributed by atoms with Gasteiger partial charge in [0.2, 0.25) is 0 Å².